The first-order valence-electron chi connectivity index (χ1n) is 9.75. The SMILES string of the molecule is Cc1onc(-c2ccccc2)c1C(=O)N1CCC(C2CCNCC2)CC1. The minimum atomic E-state index is 0.0614. The Bertz CT molecular complexity index is 742. The summed E-state index contributed by atoms with van der Waals surface area (Å²) in [5.74, 6) is 2.25. The standard InChI is InChI=1S/C21H27N3O2/c1-15-19(20(23-26-15)18-5-3-2-4-6-18)21(25)24-13-9-17(10-14-24)16-7-11-22-12-8-16/h2-6,16-17,22H,7-14H2,1H3. The lowest BCUT2D eigenvalue weighted by atomic mass is 9.79. The summed E-state index contributed by atoms with van der Waals surface area (Å²) in [5.41, 5.74) is 2.21. The molecule has 26 heavy (non-hydrogen) atoms. The molecule has 0 aliphatic carbocycles. The molecule has 3 heterocycles. The zero-order valence-corrected chi connectivity index (χ0v) is 15.4. The maximum atomic E-state index is 13.2. The summed E-state index contributed by atoms with van der Waals surface area (Å²) < 4.78 is 5.37. The molecule has 2 aliphatic heterocycles. The number of hydrogen-bond donors (Lipinski definition) is 1. The van der Waals surface area contributed by atoms with Gasteiger partial charge in [-0.15, -0.1) is 0 Å². The first kappa shape index (κ1) is 17.3. The van der Waals surface area contributed by atoms with Gasteiger partial charge in [0.1, 0.15) is 17.0 Å². The third-order valence-corrected chi connectivity index (χ3v) is 6.00. The zero-order valence-electron chi connectivity index (χ0n) is 15.4. The first-order chi connectivity index (χ1) is 12.7. The van der Waals surface area contributed by atoms with Gasteiger partial charge in [-0.3, -0.25) is 4.79 Å². The number of rotatable bonds is 3. The zero-order chi connectivity index (χ0) is 17.9. The van der Waals surface area contributed by atoms with Crippen molar-refractivity contribution in [3.8, 4) is 11.3 Å². The Hall–Kier alpha value is -2.14. The molecular formula is C21H27N3O2. The van der Waals surface area contributed by atoms with E-state index >= 15 is 0 Å². The Morgan fingerprint density at radius 3 is 2.42 bits per heavy atom. The van der Waals surface area contributed by atoms with Crippen LogP contribution in [-0.4, -0.2) is 42.1 Å². The van der Waals surface area contributed by atoms with Gasteiger partial charge in [-0.1, -0.05) is 35.5 Å². The lowest BCUT2D eigenvalue weighted by Gasteiger charge is -2.37. The van der Waals surface area contributed by atoms with Gasteiger partial charge < -0.3 is 14.7 Å². The molecule has 1 amide bonds. The largest absolute Gasteiger partial charge is 0.360 e. The van der Waals surface area contributed by atoms with Crippen LogP contribution in [-0.2, 0) is 0 Å². The maximum absolute atomic E-state index is 13.2. The Balaban J connectivity index is 1.47. The van der Waals surface area contributed by atoms with E-state index in [0.717, 1.165) is 56.4 Å². The van der Waals surface area contributed by atoms with Crippen molar-refractivity contribution in [2.45, 2.75) is 32.6 Å². The summed E-state index contributed by atoms with van der Waals surface area (Å²) in [4.78, 5) is 15.2. The number of aryl methyl sites for hydroxylation is 1. The van der Waals surface area contributed by atoms with E-state index in [9.17, 15) is 4.79 Å². The second-order valence-electron chi connectivity index (χ2n) is 7.55. The van der Waals surface area contributed by atoms with E-state index in [4.69, 9.17) is 4.52 Å². The summed E-state index contributed by atoms with van der Waals surface area (Å²) in [6.07, 6.45) is 4.78. The molecule has 1 aromatic carbocycles. The number of nitrogens with one attached hydrogen (secondary N) is 1. The number of benzene rings is 1. The van der Waals surface area contributed by atoms with E-state index in [0.29, 0.717) is 17.0 Å². The van der Waals surface area contributed by atoms with E-state index < -0.39 is 0 Å². The highest BCUT2D eigenvalue weighted by Crippen LogP contribution is 2.32. The average molecular weight is 353 g/mol. The number of hydrogen-bond acceptors (Lipinski definition) is 4. The molecule has 2 saturated heterocycles. The predicted molar refractivity (Wildman–Crippen MR) is 101 cm³/mol. The van der Waals surface area contributed by atoms with Crippen LogP contribution < -0.4 is 5.32 Å². The van der Waals surface area contributed by atoms with Crippen LogP contribution in [0.4, 0.5) is 0 Å². The van der Waals surface area contributed by atoms with Crippen molar-refractivity contribution in [1.82, 2.24) is 15.4 Å². The summed E-state index contributed by atoms with van der Waals surface area (Å²) in [7, 11) is 0. The lowest BCUT2D eigenvalue weighted by molar-refractivity contribution is 0.0641. The number of carbonyl (C=O) groups excluding carboxylic acids is 1. The molecule has 0 bridgehead atoms. The number of piperidine rings is 2. The van der Waals surface area contributed by atoms with Gasteiger partial charge in [0.2, 0.25) is 0 Å². The predicted octanol–water partition coefficient (Wildman–Crippen LogP) is 3.50. The maximum Gasteiger partial charge on any atom is 0.259 e. The molecule has 2 aliphatic rings. The van der Waals surface area contributed by atoms with E-state index in [1.165, 1.54) is 12.8 Å². The molecule has 0 spiro atoms. The number of amides is 1. The molecule has 1 aromatic heterocycles. The van der Waals surface area contributed by atoms with E-state index in [1.807, 2.05) is 42.2 Å². The van der Waals surface area contributed by atoms with Crippen LogP contribution in [0.5, 0.6) is 0 Å². The Kier molecular flexibility index (Phi) is 5.07. The summed E-state index contributed by atoms with van der Waals surface area (Å²) in [6.45, 7) is 5.79. The van der Waals surface area contributed by atoms with Crippen molar-refractivity contribution < 1.29 is 9.32 Å². The Morgan fingerprint density at radius 2 is 1.73 bits per heavy atom. The first-order valence-corrected chi connectivity index (χ1v) is 9.75. The fourth-order valence-electron chi connectivity index (χ4n) is 4.46. The lowest BCUT2D eigenvalue weighted by Crippen LogP contribution is -2.42. The fourth-order valence-corrected chi connectivity index (χ4v) is 4.46. The van der Waals surface area contributed by atoms with Gasteiger partial charge in [0, 0.05) is 18.7 Å². The highest BCUT2D eigenvalue weighted by molar-refractivity contribution is 6.00. The van der Waals surface area contributed by atoms with Gasteiger partial charge in [0.25, 0.3) is 5.91 Å². The minimum Gasteiger partial charge on any atom is -0.360 e. The summed E-state index contributed by atoms with van der Waals surface area (Å²) in [6, 6.07) is 9.81. The number of likely N-dealkylation sites (tertiary alicyclic amines) is 1. The second kappa shape index (κ2) is 7.62. The molecule has 1 N–H and O–H groups in total. The van der Waals surface area contributed by atoms with E-state index in [-0.39, 0.29) is 5.91 Å². The quantitative estimate of drug-likeness (QED) is 0.917. The van der Waals surface area contributed by atoms with Gasteiger partial charge in [-0.2, -0.15) is 0 Å². The molecule has 0 radical (unpaired) electrons. The molecule has 5 heteroatoms. The smallest absolute Gasteiger partial charge is 0.259 e. The van der Waals surface area contributed by atoms with Gasteiger partial charge in [0.15, 0.2) is 0 Å². The number of aromatic nitrogens is 1. The Morgan fingerprint density at radius 1 is 1.08 bits per heavy atom. The van der Waals surface area contributed by atoms with Gasteiger partial charge >= 0.3 is 0 Å². The van der Waals surface area contributed by atoms with Crippen molar-refractivity contribution in [3.63, 3.8) is 0 Å². The highest BCUT2D eigenvalue weighted by atomic mass is 16.5. The molecule has 0 saturated carbocycles. The van der Waals surface area contributed by atoms with Crippen molar-refractivity contribution >= 4 is 5.91 Å². The molecule has 138 valence electrons. The molecule has 5 nitrogen and oxygen atoms in total. The van der Waals surface area contributed by atoms with E-state index in [2.05, 4.69) is 10.5 Å². The molecule has 2 fully saturated rings. The van der Waals surface area contributed by atoms with Gasteiger partial charge in [-0.05, 0) is 57.5 Å². The number of carbonyl (C=O) groups is 1. The van der Waals surface area contributed by atoms with Crippen molar-refractivity contribution in [2.24, 2.45) is 11.8 Å². The van der Waals surface area contributed by atoms with Crippen molar-refractivity contribution in [2.75, 3.05) is 26.2 Å². The number of nitrogens with zero attached hydrogens (tertiary/aromatic N) is 2. The van der Waals surface area contributed by atoms with Crippen LogP contribution in [0.1, 0.15) is 41.8 Å². The van der Waals surface area contributed by atoms with Crippen molar-refractivity contribution in [3.05, 3.63) is 41.7 Å². The summed E-state index contributed by atoms with van der Waals surface area (Å²) in [5, 5.41) is 7.61. The highest BCUT2D eigenvalue weighted by Gasteiger charge is 2.32. The molecule has 2 aromatic rings. The molecule has 0 unspecified atom stereocenters. The summed E-state index contributed by atoms with van der Waals surface area (Å²) >= 11 is 0. The second-order valence-corrected chi connectivity index (χ2v) is 7.55. The fraction of sp³-hybridized carbons (Fsp3) is 0.524. The topological polar surface area (TPSA) is 58.4 Å². The van der Waals surface area contributed by atoms with Crippen LogP contribution in [0.25, 0.3) is 11.3 Å². The van der Waals surface area contributed by atoms with E-state index in [1.54, 1.807) is 0 Å². The van der Waals surface area contributed by atoms with Crippen molar-refractivity contribution in [1.29, 1.82) is 0 Å². The molecular weight excluding hydrogens is 326 g/mol. The molecule has 4 rings (SSSR count). The monoisotopic (exact) mass is 353 g/mol. The van der Waals surface area contributed by atoms with Gasteiger partial charge in [-0.25, -0.2) is 0 Å². The normalized spacial score (nSPS) is 19.7. The van der Waals surface area contributed by atoms with Crippen LogP contribution in [0.15, 0.2) is 34.9 Å². The Labute approximate surface area is 154 Å². The minimum absolute atomic E-state index is 0.0614. The third-order valence-electron chi connectivity index (χ3n) is 6.00. The van der Waals surface area contributed by atoms with Crippen LogP contribution in [0, 0.1) is 18.8 Å². The third kappa shape index (κ3) is 3.40. The van der Waals surface area contributed by atoms with Crippen LogP contribution in [0.3, 0.4) is 0 Å². The van der Waals surface area contributed by atoms with Crippen LogP contribution in [0.2, 0.25) is 0 Å². The van der Waals surface area contributed by atoms with Crippen LogP contribution >= 0.6 is 0 Å². The van der Waals surface area contributed by atoms with Gasteiger partial charge in [0.05, 0.1) is 0 Å². The molecule has 0 atom stereocenters. The average Bonchev–Trinajstić information content (AvgIpc) is 3.10.